The Balaban J connectivity index is 1.36. The lowest BCUT2D eigenvalue weighted by atomic mass is 9.53. The van der Waals surface area contributed by atoms with Gasteiger partial charge in [-0.3, -0.25) is 15.0 Å². The SMILES string of the molecule is COc1cc(C2C3=CCn4c(=O)n(-c5ccccc5)c(=O)n4C3CC3C(=O)N(Nc4ncc(C(F)(F)F)cc4Cl)C(=O)C32c2ccc(Cl)cc2)ccc1O. The summed E-state index contributed by atoms with van der Waals surface area (Å²) in [5.74, 6) is -4.43. The summed E-state index contributed by atoms with van der Waals surface area (Å²) in [6.45, 7) is -0.0675. The second-order valence-corrected chi connectivity index (χ2v) is 13.9. The number of phenolic OH excluding ortho intramolecular Hbond substituents is 1. The fourth-order valence-electron chi connectivity index (χ4n) is 8.09. The number of hydrogen-bond acceptors (Lipinski definition) is 8. The van der Waals surface area contributed by atoms with E-state index < -0.39 is 63.2 Å². The number of para-hydroxylation sites is 1. The van der Waals surface area contributed by atoms with E-state index in [0.29, 0.717) is 44.7 Å². The van der Waals surface area contributed by atoms with Crippen LogP contribution < -0.4 is 21.5 Å². The molecule has 4 heterocycles. The molecule has 276 valence electrons. The number of ether oxygens (including phenoxy) is 1. The molecule has 17 heteroatoms. The molecule has 0 spiro atoms. The maximum absolute atomic E-state index is 15.3. The number of halogens is 5. The summed E-state index contributed by atoms with van der Waals surface area (Å²) in [7, 11) is 1.35. The third kappa shape index (κ3) is 5.16. The van der Waals surface area contributed by atoms with Gasteiger partial charge in [-0.05, 0) is 65.6 Å². The van der Waals surface area contributed by atoms with E-state index in [1.54, 1.807) is 66.7 Å². The van der Waals surface area contributed by atoms with Gasteiger partial charge >= 0.3 is 17.6 Å². The molecule has 54 heavy (non-hydrogen) atoms. The lowest BCUT2D eigenvalue weighted by Crippen LogP contribution is -2.53. The molecule has 2 N–H and O–H groups in total. The van der Waals surface area contributed by atoms with Crippen LogP contribution in [0.15, 0.2) is 106 Å². The van der Waals surface area contributed by atoms with Crippen molar-refractivity contribution in [3.63, 3.8) is 0 Å². The third-order valence-corrected chi connectivity index (χ3v) is 10.9. The zero-order valence-electron chi connectivity index (χ0n) is 27.9. The number of hydrazine groups is 1. The zero-order valence-corrected chi connectivity index (χ0v) is 29.4. The molecule has 3 aromatic carbocycles. The Morgan fingerprint density at radius 1 is 0.963 bits per heavy atom. The van der Waals surface area contributed by atoms with Gasteiger partial charge in [0.2, 0.25) is 0 Å². The molecule has 0 bridgehead atoms. The van der Waals surface area contributed by atoms with Crippen LogP contribution in [0, 0.1) is 5.92 Å². The Morgan fingerprint density at radius 2 is 1.69 bits per heavy atom. The van der Waals surface area contributed by atoms with Crippen molar-refractivity contribution in [1.82, 2.24) is 23.9 Å². The fraction of sp³-hybridized carbons (Fsp3) is 0.216. The van der Waals surface area contributed by atoms with Gasteiger partial charge in [0, 0.05) is 17.1 Å². The van der Waals surface area contributed by atoms with Gasteiger partial charge in [0.15, 0.2) is 17.3 Å². The number of benzene rings is 3. The molecule has 1 saturated heterocycles. The van der Waals surface area contributed by atoms with E-state index in [0.717, 1.165) is 4.57 Å². The number of hydrogen-bond donors (Lipinski definition) is 2. The highest BCUT2D eigenvalue weighted by Crippen LogP contribution is 2.62. The molecule has 4 unspecified atom stereocenters. The molecule has 2 fully saturated rings. The van der Waals surface area contributed by atoms with Gasteiger partial charge in [0.25, 0.3) is 11.8 Å². The summed E-state index contributed by atoms with van der Waals surface area (Å²) in [6.07, 6.45) is -2.64. The first-order valence-electron chi connectivity index (χ1n) is 16.5. The number of carbonyl (C=O) groups is 2. The third-order valence-electron chi connectivity index (χ3n) is 10.4. The Morgan fingerprint density at radius 3 is 2.35 bits per heavy atom. The number of methoxy groups -OCH3 is 1. The summed E-state index contributed by atoms with van der Waals surface area (Å²) in [4.78, 5) is 61.9. The normalized spacial score (nSPS) is 22.0. The number of anilines is 1. The average Bonchev–Trinajstić information content (AvgIpc) is 3.53. The minimum atomic E-state index is -4.76. The molecule has 5 aromatic rings. The fourth-order valence-corrected chi connectivity index (χ4v) is 8.43. The Hall–Kier alpha value is -5.80. The van der Waals surface area contributed by atoms with Crippen molar-refractivity contribution < 1.29 is 32.6 Å². The number of imide groups is 1. The molecule has 2 aliphatic heterocycles. The lowest BCUT2D eigenvalue weighted by molar-refractivity contribution is -0.139. The van der Waals surface area contributed by atoms with Crippen molar-refractivity contribution in [2.45, 2.75) is 36.5 Å². The Kier molecular flexibility index (Phi) is 8.26. The van der Waals surface area contributed by atoms with Crippen LogP contribution in [0.25, 0.3) is 5.69 Å². The molecular formula is C37H27Cl2F3N6O6. The van der Waals surface area contributed by atoms with Crippen LogP contribution in [-0.2, 0) is 27.7 Å². The molecular weight excluding hydrogens is 752 g/mol. The topological polar surface area (TPSA) is 141 Å². The number of nitrogens with zero attached hydrogens (tertiary/aromatic N) is 5. The highest BCUT2D eigenvalue weighted by Gasteiger charge is 2.69. The maximum atomic E-state index is 15.3. The molecule has 0 radical (unpaired) electrons. The van der Waals surface area contributed by atoms with Gasteiger partial charge in [-0.15, -0.1) is 0 Å². The van der Waals surface area contributed by atoms with Crippen LogP contribution in [0.5, 0.6) is 11.5 Å². The van der Waals surface area contributed by atoms with Crippen LogP contribution in [-0.4, -0.2) is 48.0 Å². The lowest BCUT2D eigenvalue weighted by Gasteiger charge is -2.49. The molecule has 2 amide bonds. The molecule has 12 nitrogen and oxygen atoms in total. The van der Waals surface area contributed by atoms with Gasteiger partial charge < -0.3 is 9.84 Å². The monoisotopic (exact) mass is 778 g/mol. The largest absolute Gasteiger partial charge is 0.504 e. The molecule has 8 rings (SSSR count). The van der Waals surface area contributed by atoms with Crippen molar-refractivity contribution in [2.75, 3.05) is 12.5 Å². The van der Waals surface area contributed by atoms with Gasteiger partial charge in [-0.2, -0.15) is 18.2 Å². The van der Waals surface area contributed by atoms with Crippen molar-refractivity contribution in [2.24, 2.45) is 5.92 Å². The summed E-state index contributed by atoms with van der Waals surface area (Å²) in [5, 5.41) is 11.1. The van der Waals surface area contributed by atoms with Crippen LogP contribution in [0.1, 0.15) is 35.1 Å². The van der Waals surface area contributed by atoms with Crippen molar-refractivity contribution in [3.8, 4) is 17.2 Å². The van der Waals surface area contributed by atoms with Crippen molar-refractivity contribution in [1.29, 1.82) is 0 Å². The van der Waals surface area contributed by atoms with Crippen molar-refractivity contribution in [3.05, 3.63) is 144 Å². The minimum absolute atomic E-state index is 0.0608. The minimum Gasteiger partial charge on any atom is -0.504 e. The predicted molar refractivity (Wildman–Crippen MR) is 190 cm³/mol. The van der Waals surface area contributed by atoms with E-state index in [4.69, 9.17) is 27.9 Å². The first-order chi connectivity index (χ1) is 25.8. The average molecular weight is 780 g/mol. The number of aromatic nitrogens is 4. The predicted octanol–water partition coefficient (Wildman–Crippen LogP) is 5.85. The molecule has 3 aliphatic rings. The van der Waals surface area contributed by atoms with E-state index >= 15 is 4.79 Å². The van der Waals surface area contributed by atoms with Gasteiger partial charge in [0.1, 0.15) is 0 Å². The molecule has 1 aliphatic carbocycles. The summed E-state index contributed by atoms with van der Waals surface area (Å²) < 4.78 is 49.4. The molecule has 2 aromatic heterocycles. The number of allylic oxidation sites excluding steroid dienone is 2. The second kappa shape index (κ2) is 12.7. The number of pyridine rings is 1. The first kappa shape index (κ1) is 35.2. The van der Waals surface area contributed by atoms with Crippen LogP contribution in [0.2, 0.25) is 10.0 Å². The number of carbonyl (C=O) groups excluding carboxylic acids is 2. The highest BCUT2D eigenvalue weighted by molar-refractivity contribution is 6.33. The summed E-state index contributed by atoms with van der Waals surface area (Å²) in [6, 6.07) is 18.8. The molecule has 1 saturated carbocycles. The van der Waals surface area contributed by atoms with Gasteiger partial charge in [0.05, 0.1) is 47.3 Å². The summed E-state index contributed by atoms with van der Waals surface area (Å²) >= 11 is 12.5. The molecule has 4 atom stereocenters. The van der Waals surface area contributed by atoms with E-state index in [-0.39, 0.29) is 30.3 Å². The number of aromatic hydroxyl groups is 1. The van der Waals surface area contributed by atoms with Gasteiger partial charge in [-0.1, -0.05) is 65.7 Å². The van der Waals surface area contributed by atoms with Crippen LogP contribution in [0.3, 0.4) is 0 Å². The Labute approximate surface area is 313 Å². The van der Waals surface area contributed by atoms with Crippen molar-refractivity contribution >= 4 is 40.8 Å². The number of amides is 2. The number of fused-ring (bicyclic) bond motifs is 4. The maximum Gasteiger partial charge on any atom is 0.417 e. The smallest absolute Gasteiger partial charge is 0.417 e. The Bertz CT molecular complexity index is 2520. The highest BCUT2D eigenvalue weighted by atomic mass is 35.5. The van der Waals surface area contributed by atoms with E-state index in [9.17, 15) is 32.7 Å². The summed E-state index contributed by atoms with van der Waals surface area (Å²) in [5.41, 5.74) is 0.00978. The van der Waals surface area contributed by atoms with E-state index in [1.807, 2.05) is 0 Å². The zero-order chi connectivity index (χ0) is 38.3. The first-order valence-corrected chi connectivity index (χ1v) is 17.2. The van der Waals surface area contributed by atoms with Gasteiger partial charge in [-0.25, -0.2) is 28.5 Å². The quantitative estimate of drug-likeness (QED) is 0.162. The second-order valence-electron chi connectivity index (χ2n) is 13.1. The standard InChI is InChI=1S/C37H27Cl2F3N6O6/c1-54-29-15-19(7-12-28(29)49)30-24-13-14-45-34(52)46(23-5-3-2-4-6-23)35(53)48(45)27(24)17-25-32(50)47(33(51)36(25,30)20-8-10-22(38)11-9-20)44-31-26(39)16-21(18-43-31)37(40,41)42/h2-13,15-16,18,25,27,30,49H,14,17H2,1H3,(H,43,44). The number of phenols is 1. The number of nitrogens with one attached hydrogen (secondary N) is 1. The van der Waals surface area contributed by atoms with Crippen LogP contribution >= 0.6 is 23.2 Å². The number of alkyl halides is 3. The van der Waals surface area contributed by atoms with E-state index in [1.165, 1.54) is 28.6 Å². The van der Waals surface area contributed by atoms with Crippen LogP contribution in [0.4, 0.5) is 19.0 Å². The van der Waals surface area contributed by atoms with E-state index in [2.05, 4.69) is 10.4 Å². The number of rotatable bonds is 6.